The first-order valence-corrected chi connectivity index (χ1v) is 5.85. The lowest BCUT2D eigenvalue weighted by molar-refractivity contribution is -0.140. The van der Waals surface area contributed by atoms with E-state index in [1.54, 1.807) is 0 Å². The predicted molar refractivity (Wildman–Crippen MR) is 61.2 cm³/mol. The van der Waals surface area contributed by atoms with Crippen molar-refractivity contribution in [2.75, 3.05) is 6.61 Å². The minimum Gasteiger partial charge on any atom is -0.461 e. The molecule has 0 aliphatic heterocycles. The lowest BCUT2D eigenvalue weighted by atomic mass is 10.00. The maximum absolute atomic E-state index is 13.8. The molecular weight excluding hydrogens is 302 g/mol. The van der Waals surface area contributed by atoms with Gasteiger partial charge in [-0.15, -0.1) is 0 Å². The molecule has 0 saturated carbocycles. The van der Waals surface area contributed by atoms with Crippen molar-refractivity contribution in [3.05, 3.63) is 40.5 Å². The summed E-state index contributed by atoms with van der Waals surface area (Å²) in [5, 5.41) is 0. The molecule has 0 amide bonds. The van der Waals surface area contributed by atoms with Gasteiger partial charge < -0.3 is 4.74 Å². The van der Waals surface area contributed by atoms with Crippen LogP contribution < -0.4 is 0 Å². The van der Waals surface area contributed by atoms with Crippen LogP contribution in [0.2, 0.25) is 0 Å². The van der Waals surface area contributed by atoms with Crippen LogP contribution in [0.1, 0.15) is 25.8 Å². The molecule has 116 valence electrons. The topological polar surface area (TPSA) is 26.3 Å². The zero-order chi connectivity index (χ0) is 16.3. The summed E-state index contributed by atoms with van der Waals surface area (Å²) in [6.45, 7) is 2.32. The normalized spacial score (nSPS) is 12.2. The molecule has 0 atom stereocenters. The van der Waals surface area contributed by atoms with Gasteiger partial charge in [0.2, 0.25) is 11.6 Å². The molecule has 0 heterocycles. The van der Waals surface area contributed by atoms with Crippen LogP contribution in [0.3, 0.4) is 0 Å². The number of carbonyl (C=O) groups is 1. The second-order valence-corrected chi connectivity index (χ2v) is 3.81. The van der Waals surface area contributed by atoms with Crippen molar-refractivity contribution in [3.63, 3.8) is 0 Å². The zero-order valence-corrected chi connectivity index (χ0v) is 11.0. The molecular formula is C13H10F6O2. The Kier molecular flexibility index (Phi) is 5.40. The third-order valence-electron chi connectivity index (χ3n) is 2.58. The number of ether oxygens (including phenoxy) is 1. The number of rotatable bonds is 4. The third kappa shape index (κ3) is 3.03. The molecule has 8 heteroatoms. The van der Waals surface area contributed by atoms with Gasteiger partial charge in [-0.2, -0.15) is 4.39 Å². The molecule has 0 spiro atoms. The van der Waals surface area contributed by atoms with Gasteiger partial charge in [0.25, 0.3) is 0 Å². The summed E-state index contributed by atoms with van der Waals surface area (Å²) < 4.78 is 84.3. The molecule has 0 N–H and O–H groups in total. The predicted octanol–water partition coefficient (Wildman–Crippen LogP) is 4.04. The fraction of sp³-hybridized carbons (Fsp3) is 0.308. The Balaban J connectivity index is 3.64. The van der Waals surface area contributed by atoms with Gasteiger partial charge in [-0.25, -0.2) is 26.7 Å². The quantitative estimate of drug-likeness (QED) is 0.276. The average Bonchev–Trinajstić information content (AvgIpc) is 2.47. The highest BCUT2D eigenvalue weighted by Gasteiger charge is 2.30. The number of carbonyl (C=O) groups excluding carboxylic acids is 1. The minimum atomic E-state index is -2.36. The van der Waals surface area contributed by atoms with E-state index >= 15 is 0 Å². The minimum absolute atomic E-state index is 0.222. The van der Waals surface area contributed by atoms with Gasteiger partial charge in [0.15, 0.2) is 23.3 Å². The second kappa shape index (κ2) is 6.64. The molecule has 2 nitrogen and oxygen atoms in total. The number of hydrogen-bond acceptors (Lipinski definition) is 2. The first kappa shape index (κ1) is 17.1. The van der Waals surface area contributed by atoms with Gasteiger partial charge in [0.05, 0.1) is 12.2 Å². The van der Waals surface area contributed by atoms with E-state index in [4.69, 9.17) is 0 Å². The average molecular weight is 312 g/mol. The fourth-order valence-corrected chi connectivity index (χ4v) is 1.63. The Morgan fingerprint density at radius 2 is 1.33 bits per heavy atom. The molecule has 0 aliphatic rings. The van der Waals surface area contributed by atoms with Gasteiger partial charge >= 0.3 is 5.97 Å². The molecule has 1 aromatic carbocycles. The highest BCUT2D eigenvalue weighted by atomic mass is 19.2. The summed E-state index contributed by atoms with van der Waals surface area (Å²) in [6.07, 6.45) is -0.483. The summed E-state index contributed by atoms with van der Waals surface area (Å²) in [5.41, 5.74) is -2.43. The summed E-state index contributed by atoms with van der Waals surface area (Å²) in [7, 11) is 0. The fourth-order valence-electron chi connectivity index (χ4n) is 1.63. The molecule has 1 rings (SSSR count). The van der Waals surface area contributed by atoms with Gasteiger partial charge in [0, 0.05) is 5.57 Å². The van der Waals surface area contributed by atoms with Crippen LogP contribution >= 0.6 is 0 Å². The van der Waals surface area contributed by atoms with Crippen LogP contribution in [0.4, 0.5) is 26.3 Å². The van der Waals surface area contributed by atoms with E-state index < -0.39 is 58.4 Å². The second-order valence-electron chi connectivity index (χ2n) is 3.81. The number of esters is 1. The Labute approximate surface area is 116 Å². The van der Waals surface area contributed by atoms with Gasteiger partial charge in [0.1, 0.15) is 0 Å². The molecule has 0 radical (unpaired) electrons. The maximum atomic E-state index is 13.8. The summed E-state index contributed by atoms with van der Waals surface area (Å²) in [6, 6.07) is 0. The Hall–Kier alpha value is -1.99. The summed E-state index contributed by atoms with van der Waals surface area (Å²) in [5.74, 6) is -14.5. The smallest absolute Gasteiger partial charge is 0.367 e. The van der Waals surface area contributed by atoms with Crippen molar-refractivity contribution in [3.8, 4) is 0 Å². The SMILES string of the molecule is CCOC(=O)/C(F)=C(\CC)c1c(F)c(F)c(F)c(F)c1F. The lowest BCUT2D eigenvalue weighted by Crippen LogP contribution is -2.11. The van der Waals surface area contributed by atoms with E-state index in [2.05, 4.69) is 4.74 Å². The standard InChI is InChI=1S/C13H10F6O2/c1-3-5(7(14)13(20)21-4-2)6-8(15)10(17)12(19)11(18)9(6)16/h3-4H2,1-2H3/b7-5-. The van der Waals surface area contributed by atoms with Crippen LogP contribution in [0.15, 0.2) is 5.83 Å². The summed E-state index contributed by atoms with van der Waals surface area (Å²) in [4.78, 5) is 11.2. The van der Waals surface area contributed by atoms with Gasteiger partial charge in [-0.1, -0.05) is 6.92 Å². The molecule has 0 aromatic heterocycles. The van der Waals surface area contributed by atoms with E-state index in [1.165, 1.54) is 13.8 Å². The monoisotopic (exact) mass is 312 g/mol. The van der Waals surface area contributed by atoms with Crippen LogP contribution in [0.5, 0.6) is 0 Å². The van der Waals surface area contributed by atoms with E-state index in [1.807, 2.05) is 0 Å². The van der Waals surface area contributed by atoms with Crippen molar-refractivity contribution >= 4 is 11.5 Å². The molecule has 1 aromatic rings. The van der Waals surface area contributed by atoms with E-state index in [0.717, 1.165) is 0 Å². The molecule has 0 unspecified atom stereocenters. The Morgan fingerprint density at radius 1 is 0.905 bits per heavy atom. The van der Waals surface area contributed by atoms with Crippen LogP contribution in [0.25, 0.3) is 5.57 Å². The van der Waals surface area contributed by atoms with Crippen LogP contribution in [-0.2, 0) is 9.53 Å². The highest BCUT2D eigenvalue weighted by molar-refractivity contribution is 5.95. The zero-order valence-electron chi connectivity index (χ0n) is 11.0. The molecule has 0 fully saturated rings. The molecule has 21 heavy (non-hydrogen) atoms. The van der Waals surface area contributed by atoms with Gasteiger partial charge in [-0.3, -0.25) is 0 Å². The highest BCUT2D eigenvalue weighted by Crippen LogP contribution is 2.32. The van der Waals surface area contributed by atoms with Crippen LogP contribution in [-0.4, -0.2) is 12.6 Å². The Morgan fingerprint density at radius 3 is 1.71 bits per heavy atom. The van der Waals surface area contributed by atoms with Gasteiger partial charge in [-0.05, 0) is 13.3 Å². The van der Waals surface area contributed by atoms with E-state index in [-0.39, 0.29) is 6.61 Å². The lowest BCUT2D eigenvalue weighted by Gasteiger charge is -2.11. The van der Waals surface area contributed by atoms with Crippen molar-refractivity contribution < 1.29 is 35.9 Å². The number of benzene rings is 1. The van der Waals surface area contributed by atoms with Crippen molar-refractivity contribution in [2.45, 2.75) is 20.3 Å². The first-order chi connectivity index (χ1) is 9.77. The largest absolute Gasteiger partial charge is 0.461 e. The number of hydrogen-bond donors (Lipinski definition) is 0. The summed E-state index contributed by atoms with van der Waals surface area (Å²) >= 11 is 0. The maximum Gasteiger partial charge on any atom is 0.367 e. The van der Waals surface area contributed by atoms with E-state index in [9.17, 15) is 31.1 Å². The van der Waals surface area contributed by atoms with Crippen molar-refractivity contribution in [1.82, 2.24) is 0 Å². The van der Waals surface area contributed by atoms with Crippen molar-refractivity contribution in [2.24, 2.45) is 0 Å². The first-order valence-electron chi connectivity index (χ1n) is 5.85. The molecule has 0 saturated heterocycles. The number of halogens is 6. The van der Waals surface area contributed by atoms with E-state index in [0.29, 0.717) is 0 Å². The van der Waals surface area contributed by atoms with Crippen LogP contribution in [0, 0.1) is 29.1 Å². The molecule has 0 aliphatic carbocycles. The number of allylic oxidation sites excluding steroid dienone is 1. The Bertz CT molecular complexity index is 580. The molecule has 0 bridgehead atoms. The van der Waals surface area contributed by atoms with Crippen molar-refractivity contribution in [1.29, 1.82) is 0 Å². The third-order valence-corrected chi connectivity index (χ3v) is 2.58.